The highest BCUT2D eigenvalue weighted by Crippen LogP contribution is 2.25. The number of rotatable bonds is 7. The second-order valence-corrected chi connectivity index (χ2v) is 5.77. The summed E-state index contributed by atoms with van der Waals surface area (Å²) in [5.74, 6) is 0.889. The summed E-state index contributed by atoms with van der Waals surface area (Å²) >= 11 is 0. The molecule has 0 radical (unpaired) electrons. The van der Waals surface area contributed by atoms with E-state index in [4.69, 9.17) is 4.74 Å². The fourth-order valence-electron chi connectivity index (χ4n) is 2.14. The van der Waals surface area contributed by atoms with E-state index in [1.807, 2.05) is 6.07 Å². The van der Waals surface area contributed by atoms with Gasteiger partial charge in [-0.2, -0.15) is 0 Å². The Morgan fingerprint density at radius 1 is 1.35 bits per heavy atom. The molecule has 0 aromatic heterocycles. The molecule has 0 aliphatic heterocycles. The van der Waals surface area contributed by atoms with Gasteiger partial charge in [-0.15, -0.1) is 0 Å². The fourth-order valence-corrected chi connectivity index (χ4v) is 2.14. The predicted molar refractivity (Wildman–Crippen MR) is 91.6 cm³/mol. The Bertz CT molecular complexity index is 546. The molecule has 0 fully saturated rings. The molecule has 128 valence electrons. The molecule has 0 bridgehead atoms. The van der Waals surface area contributed by atoms with Crippen molar-refractivity contribution >= 4 is 17.6 Å². The first-order chi connectivity index (χ1) is 10.9. The fraction of sp³-hybridized carbons (Fsp3) is 0.529. The molecule has 0 saturated heterocycles. The monoisotopic (exact) mass is 321 g/mol. The number of urea groups is 1. The average Bonchev–Trinajstić information content (AvgIpc) is 2.51. The van der Waals surface area contributed by atoms with E-state index >= 15 is 0 Å². The summed E-state index contributed by atoms with van der Waals surface area (Å²) in [6.45, 7) is 6.78. The van der Waals surface area contributed by atoms with Gasteiger partial charge in [0.15, 0.2) is 0 Å². The molecule has 1 aromatic rings. The van der Waals surface area contributed by atoms with Crippen molar-refractivity contribution in [1.82, 2.24) is 10.2 Å². The molecule has 0 saturated carbocycles. The number of anilines is 1. The number of hydrogen-bond donors (Lipinski definition) is 2. The van der Waals surface area contributed by atoms with E-state index in [1.165, 1.54) is 6.92 Å². The summed E-state index contributed by atoms with van der Waals surface area (Å²) in [6, 6.07) is 5.33. The van der Waals surface area contributed by atoms with Crippen molar-refractivity contribution in [3.05, 3.63) is 23.8 Å². The van der Waals surface area contributed by atoms with Crippen LogP contribution in [0.25, 0.3) is 0 Å². The SMILES string of the molecule is CC[C@@H](C)CN(C)C(=O)NCc1ccc(OC)c(NC(C)=O)c1. The highest BCUT2D eigenvalue weighted by molar-refractivity contribution is 5.90. The van der Waals surface area contributed by atoms with E-state index < -0.39 is 0 Å². The maximum absolute atomic E-state index is 12.1. The topological polar surface area (TPSA) is 70.7 Å². The number of hydrogen-bond acceptors (Lipinski definition) is 3. The van der Waals surface area contributed by atoms with Crippen LogP contribution in [0.3, 0.4) is 0 Å². The maximum Gasteiger partial charge on any atom is 0.317 e. The van der Waals surface area contributed by atoms with Crippen molar-refractivity contribution in [3.8, 4) is 5.75 Å². The van der Waals surface area contributed by atoms with E-state index in [2.05, 4.69) is 24.5 Å². The Kier molecular flexibility index (Phi) is 7.38. The van der Waals surface area contributed by atoms with Crippen LogP contribution in [0.4, 0.5) is 10.5 Å². The number of carbonyl (C=O) groups is 2. The quantitative estimate of drug-likeness (QED) is 0.811. The van der Waals surface area contributed by atoms with Crippen LogP contribution in [0, 0.1) is 5.92 Å². The highest BCUT2D eigenvalue weighted by Gasteiger charge is 2.12. The van der Waals surface area contributed by atoms with Crippen LogP contribution < -0.4 is 15.4 Å². The number of ether oxygens (including phenoxy) is 1. The first kappa shape index (κ1) is 18.8. The molecule has 6 nitrogen and oxygen atoms in total. The van der Waals surface area contributed by atoms with E-state index in [1.54, 1.807) is 31.2 Å². The van der Waals surface area contributed by atoms with Crippen LogP contribution in [0.5, 0.6) is 5.75 Å². The van der Waals surface area contributed by atoms with Gasteiger partial charge in [0.05, 0.1) is 12.8 Å². The van der Waals surface area contributed by atoms with Gasteiger partial charge in [-0.1, -0.05) is 26.3 Å². The summed E-state index contributed by atoms with van der Waals surface area (Å²) in [5.41, 5.74) is 1.49. The van der Waals surface area contributed by atoms with Crippen LogP contribution in [0.1, 0.15) is 32.8 Å². The number of methoxy groups -OCH3 is 1. The molecule has 23 heavy (non-hydrogen) atoms. The molecule has 3 amide bonds. The minimum Gasteiger partial charge on any atom is -0.495 e. The third-order valence-electron chi connectivity index (χ3n) is 3.65. The van der Waals surface area contributed by atoms with Crippen LogP contribution in [-0.2, 0) is 11.3 Å². The van der Waals surface area contributed by atoms with Crippen molar-refractivity contribution in [2.45, 2.75) is 33.7 Å². The maximum atomic E-state index is 12.1. The van der Waals surface area contributed by atoms with Gasteiger partial charge in [0.25, 0.3) is 0 Å². The van der Waals surface area contributed by atoms with Crippen LogP contribution >= 0.6 is 0 Å². The predicted octanol–water partition coefficient (Wildman–Crippen LogP) is 2.84. The van der Waals surface area contributed by atoms with E-state index in [0.717, 1.165) is 18.5 Å². The van der Waals surface area contributed by atoms with Crippen molar-refractivity contribution in [1.29, 1.82) is 0 Å². The lowest BCUT2D eigenvalue weighted by molar-refractivity contribution is -0.114. The Hall–Kier alpha value is -2.24. The summed E-state index contributed by atoms with van der Waals surface area (Å²) < 4.78 is 5.21. The first-order valence-electron chi connectivity index (χ1n) is 7.80. The molecule has 6 heteroatoms. The molecule has 1 aromatic carbocycles. The normalized spacial score (nSPS) is 11.5. The first-order valence-corrected chi connectivity index (χ1v) is 7.80. The van der Waals surface area contributed by atoms with Crippen molar-refractivity contribution in [2.24, 2.45) is 5.92 Å². The lowest BCUT2D eigenvalue weighted by Gasteiger charge is -2.21. The van der Waals surface area contributed by atoms with Gasteiger partial charge in [0.2, 0.25) is 5.91 Å². The van der Waals surface area contributed by atoms with Crippen molar-refractivity contribution in [2.75, 3.05) is 26.0 Å². The van der Waals surface area contributed by atoms with Gasteiger partial charge in [0, 0.05) is 27.1 Å². The van der Waals surface area contributed by atoms with Gasteiger partial charge in [-0.25, -0.2) is 4.79 Å². The van der Waals surface area contributed by atoms with Gasteiger partial charge in [-0.05, 0) is 23.6 Å². The Morgan fingerprint density at radius 2 is 2.04 bits per heavy atom. The van der Waals surface area contributed by atoms with E-state index in [0.29, 0.717) is 23.9 Å². The Balaban J connectivity index is 2.67. The molecule has 1 atom stereocenters. The highest BCUT2D eigenvalue weighted by atomic mass is 16.5. The molecular weight excluding hydrogens is 294 g/mol. The lowest BCUT2D eigenvalue weighted by Crippen LogP contribution is -2.39. The zero-order valence-corrected chi connectivity index (χ0v) is 14.6. The van der Waals surface area contributed by atoms with Crippen molar-refractivity contribution < 1.29 is 14.3 Å². The number of benzene rings is 1. The molecule has 0 spiro atoms. The third-order valence-corrected chi connectivity index (χ3v) is 3.65. The van der Waals surface area contributed by atoms with Crippen LogP contribution in [0.2, 0.25) is 0 Å². The number of nitrogens with zero attached hydrogens (tertiary/aromatic N) is 1. The molecule has 1 rings (SSSR count). The van der Waals surface area contributed by atoms with Gasteiger partial charge in [-0.3, -0.25) is 4.79 Å². The second-order valence-electron chi connectivity index (χ2n) is 5.77. The standard InChI is InChI=1S/C17H27N3O3/c1-6-12(2)11-20(4)17(22)18-10-14-7-8-16(23-5)15(9-14)19-13(3)21/h7-9,12H,6,10-11H2,1-5H3,(H,18,22)(H,19,21)/t12-/m1/s1. The van der Waals surface area contributed by atoms with Crippen LogP contribution in [0.15, 0.2) is 18.2 Å². The molecule has 0 unspecified atom stereocenters. The minimum atomic E-state index is -0.169. The minimum absolute atomic E-state index is 0.109. The largest absolute Gasteiger partial charge is 0.495 e. The van der Waals surface area contributed by atoms with Crippen molar-refractivity contribution in [3.63, 3.8) is 0 Å². The summed E-state index contributed by atoms with van der Waals surface area (Å²) in [4.78, 5) is 25.0. The molecular formula is C17H27N3O3. The number of nitrogens with one attached hydrogen (secondary N) is 2. The van der Waals surface area contributed by atoms with E-state index in [-0.39, 0.29) is 11.9 Å². The smallest absolute Gasteiger partial charge is 0.317 e. The number of carbonyl (C=O) groups excluding carboxylic acids is 2. The summed E-state index contributed by atoms with van der Waals surface area (Å²) in [5, 5.41) is 5.60. The zero-order chi connectivity index (χ0) is 17.4. The molecule has 0 heterocycles. The number of amides is 3. The van der Waals surface area contributed by atoms with E-state index in [9.17, 15) is 9.59 Å². The van der Waals surface area contributed by atoms with Gasteiger partial charge < -0.3 is 20.3 Å². The zero-order valence-electron chi connectivity index (χ0n) is 14.6. The Morgan fingerprint density at radius 3 is 2.61 bits per heavy atom. The molecule has 2 N–H and O–H groups in total. The summed E-state index contributed by atoms with van der Waals surface area (Å²) in [7, 11) is 3.34. The van der Waals surface area contributed by atoms with Gasteiger partial charge in [0.1, 0.15) is 5.75 Å². The third kappa shape index (κ3) is 6.18. The average molecular weight is 321 g/mol. The van der Waals surface area contributed by atoms with Crippen LogP contribution in [-0.4, -0.2) is 37.5 Å². The second kappa shape index (κ2) is 9.02. The summed E-state index contributed by atoms with van der Waals surface area (Å²) in [6.07, 6.45) is 1.04. The lowest BCUT2D eigenvalue weighted by atomic mass is 10.1. The molecule has 0 aliphatic rings. The molecule has 0 aliphatic carbocycles. The van der Waals surface area contributed by atoms with Gasteiger partial charge >= 0.3 is 6.03 Å². The Labute approximate surface area is 138 Å².